The highest BCUT2D eigenvalue weighted by Crippen LogP contribution is 2.41. The minimum absolute atomic E-state index is 0.177. The third-order valence-electron chi connectivity index (χ3n) is 7.15. The number of benzene rings is 4. The van der Waals surface area contributed by atoms with Crippen LogP contribution in [0.15, 0.2) is 120 Å². The Balaban J connectivity index is 1.29. The summed E-state index contributed by atoms with van der Waals surface area (Å²) in [6, 6.07) is 33.1. The molecule has 0 radical (unpaired) electrons. The molecule has 41 heavy (non-hydrogen) atoms. The number of anilines is 4. The van der Waals surface area contributed by atoms with Gasteiger partial charge in [0.1, 0.15) is 5.58 Å². The number of furan rings is 1. The van der Waals surface area contributed by atoms with E-state index in [9.17, 15) is 4.79 Å². The smallest absolute Gasteiger partial charge is 0.255 e. The van der Waals surface area contributed by atoms with Gasteiger partial charge in [-0.1, -0.05) is 42.5 Å². The van der Waals surface area contributed by atoms with Crippen molar-refractivity contribution in [3.63, 3.8) is 0 Å². The quantitative estimate of drug-likeness (QED) is 0.230. The molecule has 200 valence electrons. The topological polar surface area (TPSA) is 102 Å². The molecule has 0 saturated heterocycles. The van der Waals surface area contributed by atoms with E-state index < -0.39 is 0 Å². The van der Waals surface area contributed by atoms with Crippen LogP contribution >= 0.6 is 0 Å². The zero-order valence-electron chi connectivity index (χ0n) is 22.1. The van der Waals surface area contributed by atoms with Crippen LogP contribution in [0.1, 0.15) is 15.9 Å². The van der Waals surface area contributed by atoms with Crippen molar-refractivity contribution in [1.82, 2.24) is 14.6 Å². The van der Waals surface area contributed by atoms with Crippen molar-refractivity contribution in [1.29, 1.82) is 0 Å². The molecular formula is C33H26N6O2. The van der Waals surface area contributed by atoms with E-state index in [2.05, 4.69) is 22.5 Å². The van der Waals surface area contributed by atoms with Crippen molar-refractivity contribution in [3.8, 4) is 0 Å². The van der Waals surface area contributed by atoms with Crippen LogP contribution in [0.25, 0.3) is 27.5 Å². The molecule has 0 bridgehead atoms. The van der Waals surface area contributed by atoms with E-state index in [-0.39, 0.29) is 5.91 Å². The average Bonchev–Trinajstić information content (AvgIpc) is 3.65. The van der Waals surface area contributed by atoms with Crippen molar-refractivity contribution in [2.75, 3.05) is 16.8 Å². The van der Waals surface area contributed by atoms with Crippen LogP contribution in [-0.4, -0.2) is 27.0 Å². The van der Waals surface area contributed by atoms with Crippen LogP contribution in [0, 0.1) is 0 Å². The van der Waals surface area contributed by atoms with E-state index in [4.69, 9.17) is 15.1 Å². The normalized spacial score (nSPS) is 11.3. The molecule has 4 aromatic carbocycles. The number of nitrogens with zero attached hydrogens (tertiary/aromatic N) is 4. The number of fused-ring (bicyclic) bond motifs is 4. The standard InChI is InChI=1S/C33H26N6O2/c34-19-16-22-8-10-23(11-9-22)32(40)37-24-12-14-25(15-13-24)38(33-35-20-17-26-18-21-36-39(26)33)29-6-3-5-28-27-4-1-2-7-30(27)41-31(28)29/h1-15,17-18,20-21H,16,19,34H2,(H,37,40). The van der Waals surface area contributed by atoms with E-state index in [0.29, 0.717) is 23.7 Å². The lowest BCUT2D eigenvalue weighted by atomic mass is 10.1. The van der Waals surface area contributed by atoms with E-state index in [1.807, 2.05) is 95.9 Å². The third kappa shape index (κ3) is 4.46. The zero-order valence-corrected chi connectivity index (χ0v) is 22.1. The fourth-order valence-corrected chi connectivity index (χ4v) is 5.15. The van der Waals surface area contributed by atoms with Gasteiger partial charge < -0.3 is 15.5 Å². The molecule has 1 amide bonds. The van der Waals surface area contributed by atoms with Gasteiger partial charge >= 0.3 is 0 Å². The van der Waals surface area contributed by atoms with Crippen LogP contribution in [-0.2, 0) is 6.42 Å². The summed E-state index contributed by atoms with van der Waals surface area (Å²) < 4.78 is 8.18. The Bertz CT molecular complexity index is 2010. The van der Waals surface area contributed by atoms with Crippen molar-refractivity contribution < 1.29 is 9.21 Å². The van der Waals surface area contributed by atoms with Crippen molar-refractivity contribution in [2.24, 2.45) is 5.73 Å². The molecular weight excluding hydrogens is 512 g/mol. The maximum atomic E-state index is 12.9. The molecule has 0 aliphatic carbocycles. The minimum atomic E-state index is -0.177. The molecule has 8 nitrogen and oxygen atoms in total. The number of hydrogen-bond acceptors (Lipinski definition) is 6. The lowest BCUT2D eigenvalue weighted by Crippen LogP contribution is -2.16. The molecule has 0 unspecified atom stereocenters. The second kappa shape index (κ2) is 10.3. The molecule has 0 atom stereocenters. The lowest BCUT2D eigenvalue weighted by Gasteiger charge is -2.24. The molecule has 3 aromatic heterocycles. The van der Waals surface area contributed by atoms with Gasteiger partial charge in [0, 0.05) is 33.9 Å². The second-order valence-electron chi connectivity index (χ2n) is 9.74. The number of nitrogens with two attached hydrogens (primary N) is 1. The number of rotatable bonds is 7. The number of carbonyl (C=O) groups is 1. The molecule has 8 heteroatoms. The van der Waals surface area contributed by atoms with Crippen molar-refractivity contribution in [2.45, 2.75) is 6.42 Å². The first-order chi connectivity index (χ1) is 20.2. The molecule has 0 aliphatic rings. The summed E-state index contributed by atoms with van der Waals surface area (Å²) in [5, 5.41) is 9.59. The van der Waals surface area contributed by atoms with Crippen molar-refractivity contribution >= 4 is 56.4 Å². The van der Waals surface area contributed by atoms with Gasteiger partial charge in [-0.2, -0.15) is 9.61 Å². The molecule has 3 N–H and O–H groups in total. The molecule has 7 rings (SSSR count). The van der Waals surface area contributed by atoms with Crippen LogP contribution in [0.2, 0.25) is 0 Å². The van der Waals surface area contributed by atoms with E-state index in [1.54, 1.807) is 16.9 Å². The summed E-state index contributed by atoms with van der Waals surface area (Å²) in [7, 11) is 0. The first-order valence-corrected chi connectivity index (χ1v) is 13.4. The lowest BCUT2D eigenvalue weighted by molar-refractivity contribution is 0.102. The molecule has 0 saturated carbocycles. The summed E-state index contributed by atoms with van der Waals surface area (Å²) in [6.07, 6.45) is 4.30. The van der Waals surface area contributed by atoms with Gasteiger partial charge in [0.15, 0.2) is 5.58 Å². The SMILES string of the molecule is NCCc1ccc(C(=O)Nc2ccc(N(c3cccc4c3oc3ccccc34)c3nccc4ccnn34)cc2)cc1. The van der Waals surface area contributed by atoms with Crippen molar-refractivity contribution in [3.05, 3.63) is 127 Å². The molecule has 3 heterocycles. The highest BCUT2D eigenvalue weighted by molar-refractivity contribution is 6.10. The summed E-state index contributed by atoms with van der Waals surface area (Å²) in [6.45, 7) is 0.574. The average molecular weight is 539 g/mol. The van der Waals surface area contributed by atoms with Gasteiger partial charge in [-0.25, -0.2) is 4.98 Å². The van der Waals surface area contributed by atoms with Gasteiger partial charge in [-0.3, -0.25) is 9.69 Å². The number of amides is 1. The third-order valence-corrected chi connectivity index (χ3v) is 7.15. The minimum Gasteiger partial charge on any atom is -0.454 e. The van der Waals surface area contributed by atoms with Crippen LogP contribution < -0.4 is 16.0 Å². The Hall–Kier alpha value is -5.47. The highest BCUT2D eigenvalue weighted by atomic mass is 16.3. The van der Waals surface area contributed by atoms with Crippen LogP contribution in [0.4, 0.5) is 23.0 Å². The van der Waals surface area contributed by atoms with Gasteiger partial charge in [0.2, 0.25) is 5.95 Å². The Kier molecular flexibility index (Phi) is 6.14. The fraction of sp³-hybridized carbons (Fsp3) is 0.0606. The second-order valence-corrected chi connectivity index (χ2v) is 9.74. The van der Waals surface area contributed by atoms with Crippen LogP contribution in [0.5, 0.6) is 0 Å². The number of hydrogen-bond donors (Lipinski definition) is 2. The number of aromatic nitrogens is 3. The predicted molar refractivity (Wildman–Crippen MR) is 162 cm³/mol. The Morgan fingerprint density at radius 2 is 1.63 bits per heavy atom. The maximum Gasteiger partial charge on any atom is 0.255 e. The monoisotopic (exact) mass is 538 g/mol. The van der Waals surface area contributed by atoms with E-state index in [0.717, 1.165) is 50.8 Å². The molecule has 7 aromatic rings. The maximum absolute atomic E-state index is 12.9. The van der Waals surface area contributed by atoms with E-state index >= 15 is 0 Å². The highest BCUT2D eigenvalue weighted by Gasteiger charge is 2.22. The number of nitrogens with one attached hydrogen (secondary N) is 1. The number of carbonyl (C=O) groups excluding carboxylic acids is 1. The van der Waals surface area contributed by atoms with Gasteiger partial charge in [-0.05, 0) is 79.2 Å². The summed E-state index contributed by atoms with van der Waals surface area (Å²) in [5.41, 5.74) is 12.1. The zero-order chi connectivity index (χ0) is 27.8. The molecule has 0 fully saturated rings. The molecule has 0 aliphatic heterocycles. The van der Waals surface area contributed by atoms with E-state index in [1.165, 1.54) is 0 Å². The van der Waals surface area contributed by atoms with Crippen LogP contribution in [0.3, 0.4) is 0 Å². The Morgan fingerprint density at radius 1 is 0.854 bits per heavy atom. The van der Waals surface area contributed by atoms with Gasteiger partial charge in [-0.15, -0.1) is 0 Å². The summed E-state index contributed by atoms with van der Waals surface area (Å²) >= 11 is 0. The number of para-hydroxylation sites is 2. The fourth-order valence-electron chi connectivity index (χ4n) is 5.15. The Labute approximate surface area is 235 Å². The molecule has 0 spiro atoms. The largest absolute Gasteiger partial charge is 0.454 e. The summed E-state index contributed by atoms with van der Waals surface area (Å²) in [4.78, 5) is 19.7. The van der Waals surface area contributed by atoms with Gasteiger partial charge in [0.05, 0.1) is 17.4 Å². The predicted octanol–water partition coefficient (Wildman–Crippen LogP) is 6.85. The van der Waals surface area contributed by atoms with Gasteiger partial charge in [0.25, 0.3) is 5.91 Å². The first-order valence-electron chi connectivity index (χ1n) is 13.4. The first kappa shape index (κ1) is 24.6. The Morgan fingerprint density at radius 3 is 2.46 bits per heavy atom. The summed E-state index contributed by atoms with van der Waals surface area (Å²) in [5.74, 6) is 0.429.